The highest BCUT2D eigenvalue weighted by Crippen LogP contribution is 2.44. The van der Waals surface area contributed by atoms with Crippen LogP contribution >= 0.6 is 24.0 Å². The molecule has 0 saturated heterocycles. The molecule has 0 amide bonds. The monoisotopic (exact) mass is 275 g/mol. The number of halogens is 2. The molecular weight excluding hydrogens is 261 g/mol. The van der Waals surface area contributed by atoms with Crippen LogP contribution in [0.1, 0.15) is 24.3 Å². The van der Waals surface area contributed by atoms with Gasteiger partial charge in [-0.1, -0.05) is 23.7 Å². The van der Waals surface area contributed by atoms with E-state index in [1.165, 1.54) is 7.11 Å². The van der Waals surface area contributed by atoms with Crippen LogP contribution in [0.15, 0.2) is 24.3 Å². The fourth-order valence-corrected chi connectivity index (χ4v) is 2.38. The number of rotatable bonds is 2. The highest BCUT2D eigenvalue weighted by atomic mass is 35.5. The van der Waals surface area contributed by atoms with Gasteiger partial charge in [-0.15, -0.1) is 12.4 Å². The third kappa shape index (κ3) is 2.73. The molecule has 0 atom stereocenters. The Morgan fingerprint density at radius 1 is 1.53 bits per heavy atom. The smallest absolute Gasteiger partial charge is 0.325 e. The van der Waals surface area contributed by atoms with Crippen molar-refractivity contribution in [3.63, 3.8) is 0 Å². The lowest BCUT2D eigenvalue weighted by molar-refractivity contribution is -0.151. The van der Waals surface area contributed by atoms with Crippen LogP contribution in [-0.2, 0) is 9.53 Å². The summed E-state index contributed by atoms with van der Waals surface area (Å²) in [5.74, 6) is -0.0198. The largest absolute Gasteiger partial charge is 0.468 e. The zero-order valence-electron chi connectivity index (χ0n) is 9.48. The SMILES string of the molecule is COC(=O)C1(N)CC(c2cccc(Cl)c2)C1.Cl. The second-order valence-corrected chi connectivity index (χ2v) is 4.74. The minimum atomic E-state index is -0.804. The molecule has 0 unspecified atom stereocenters. The maximum absolute atomic E-state index is 11.4. The van der Waals surface area contributed by atoms with Gasteiger partial charge in [-0.3, -0.25) is 4.79 Å². The quantitative estimate of drug-likeness (QED) is 0.844. The van der Waals surface area contributed by atoms with E-state index in [9.17, 15) is 4.79 Å². The molecule has 2 rings (SSSR count). The van der Waals surface area contributed by atoms with Gasteiger partial charge in [0.15, 0.2) is 0 Å². The molecule has 3 nitrogen and oxygen atoms in total. The van der Waals surface area contributed by atoms with Gasteiger partial charge in [-0.25, -0.2) is 0 Å². The van der Waals surface area contributed by atoms with Crippen molar-refractivity contribution in [2.24, 2.45) is 5.73 Å². The van der Waals surface area contributed by atoms with Crippen LogP contribution in [0, 0.1) is 0 Å². The first-order valence-corrected chi connectivity index (χ1v) is 5.56. The number of hydrogen-bond donors (Lipinski definition) is 1. The Morgan fingerprint density at radius 2 is 2.18 bits per heavy atom. The predicted molar refractivity (Wildman–Crippen MR) is 69.6 cm³/mol. The molecule has 1 aliphatic rings. The van der Waals surface area contributed by atoms with Crippen molar-refractivity contribution in [3.8, 4) is 0 Å². The molecule has 0 radical (unpaired) electrons. The van der Waals surface area contributed by atoms with Crippen LogP contribution in [0.25, 0.3) is 0 Å². The number of esters is 1. The summed E-state index contributed by atoms with van der Waals surface area (Å²) < 4.78 is 4.68. The lowest BCUT2D eigenvalue weighted by Gasteiger charge is -2.42. The number of nitrogens with two attached hydrogens (primary N) is 1. The van der Waals surface area contributed by atoms with Gasteiger partial charge in [0.25, 0.3) is 0 Å². The molecule has 1 fully saturated rings. The summed E-state index contributed by atoms with van der Waals surface area (Å²) in [5.41, 5.74) is 6.25. The number of carbonyl (C=O) groups excluding carboxylic acids is 1. The predicted octanol–water partition coefficient (Wildman–Crippen LogP) is 2.51. The van der Waals surface area contributed by atoms with E-state index >= 15 is 0 Å². The van der Waals surface area contributed by atoms with Crippen LogP contribution in [0.3, 0.4) is 0 Å². The summed E-state index contributed by atoms with van der Waals surface area (Å²) in [6.07, 6.45) is 1.25. The lowest BCUT2D eigenvalue weighted by Crippen LogP contribution is -2.57. The average Bonchev–Trinajstić information content (AvgIpc) is 2.23. The molecule has 94 valence electrons. The number of hydrogen-bond acceptors (Lipinski definition) is 3. The fraction of sp³-hybridized carbons (Fsp3) is 0.417. The molecule has 1 aromatic carbocycles. The van der Waals surface area contributed by atoms with Crippen molar-refractivity contribution >= 4 is 30.0 Å². The van der Waals surface area contributed by atoms with Crippen molar-refractivity contribution in [1.82, 2.24) is 0 Å². The number of methoxy groups -OCH3 is 1. The van der Waals surface area contributed by atoms with Gasteiger partial charge >= 0.3 is 5.97 Å². The highest BCUT2D eigenvalue weighted by Gasteiger charge is 2.48. The number of benzene rings is 1. The van der Waals surface area contributed by atoms with Crippen LogP contribution in [0.2, 0.25) is 5.02 Å². The minimum Gasteiger partial charge on any atom is -0.468 e. The van der Waals surface area contributed by atoms with E-state index in [4.69, 9.17) is 17.3 Å². The zero-order valence-corrected chi connectivity index (χ0v) is 11.1. The van der Waals surface area contributed by atoms with E-state index in [1.54, 1.807) is 0 Å². The second-order valence-electron chi connectivity index (χ2n) is 4.31. The van der Waals surface area contributed by atoms with Gasteiger partial charge in [-0.2, -0.15) is 0 Å². The van der Waals surface area contributed by atoms with Gasteiger partial charge in [0.2, 0.25) is 0 Å². The Kier molecular flexibility index (Phi) is 4.42. The van der Waals surface area contributed by atoms with E-state index in [0.29, 0.717) is 23.8 Å². The molecule has 1 saturated carbocycles. The summed E-state index contributed by atoms with van der Waals surface area (Å²) in [5, 5.41) is 0.713. The van der Waals surface area contributed by atoms with Crippen LogP contribution in [-0.4, -0.2) is 18.6 Å². The fourth-order valence-electron chi connectivity index (χ4n) is 2.19. The van der Waals surface area contributed by atoms with Gasteiger partial charge in [0.05, 0.1) is 7.11 Å². The van der Waals surface area contributed by atoms with E-state index in [1.807, 2.05) is 24.3 Å². The van der Waals surface area contributed by atoms with Crippen LogP contribution < -0.4 is 5.73 Å². The Bertz CT molecular complexity index is 417. The Hall–Kier alpha value is -0.770. The first kappa shape index (κ1) is 14.3. The van der Waals surface area contributed by atoms with Crippen molar-refractivity contribution < 1.29 is 9.53 Å². The number of carbonyl (C=O) groups is 1. The van der Waals surface area contributed by atoms with Gasteiger partial charge in [0, 0.05) is 5.02 Å². The third-order valence-corrected chi connectivity index (χ3v) is 3.37. The maximum Gasteiger partial charge on any atom is 0.325 e. The molecule has 5 heteroatoms. The van der Waals surface area contributed by atoms with Crippen LogP contribution in [0.5, 0.6) is 0 Å². The normalized spacial score (nSPS) is 26.6. The summed E-state index contributed by atoms with van der Waals surface area (Å²) >= 11 is 5.91. The summed E-state index contributed by atoms with van der Waals surface area (Å²) in [4.78, 5) is 11.4. The zero-order chi connectivity index (χ0) is 11.8. The Balaban J connectivity index is 0.00000144. The molecule has 17 heavy (non-hydrogen) atoms. The Labute approximate surface area is 112 Å². The molecule has 1 aliphatic carbocycles. The lowest BCUT2D eigenvalue weighted by atomic mass is 9.66. The molecule has 0 spiro atoms. The van der Waals surface area contributed by atoms with E-state index < -0.39 is 5.54 Å². The average molecular weight is 276 g/mol. The molecule has 1 aromatic rings. The van der Waals surface area contributed by atoms with Crippen molar-refractivity contribution in [2.45, 2.75) is 24.3 Å². The Morgan fingerprint density at radius 3 is 2.71 bits per heavy atom. The molecular formula is C12H15Cl2NO2. The topological polar surface area (TPSA) is 52.3 Å². The third-order valence-electron chi connectivity index (χ3n) is 3.13. The highest BCUT2D eigenvalue weighted by molar-refractivity contribution is 6.30. The van der Waals surface area contributed by atoms with Gasteiger partial charge in [-0.05, 0) is 36.5 Å². The van der Waals surface area contributed by atoms with E-state index in [0.717, 1.165) is 5.56 Å². The van der Waals surface area contributed by atoms with Crippen LogP contribution in [0.4, 0.5) is 0 Å². The van der Waals surface area contributed by atoms with Crippen molar-refractivity contribution in [2.75, 3.05) is 7.11 Å². The second kappa shape index (κ2) is 5.25. The van der Waals surface area contributed by atoms with Gasteiger partial charge < -0.3 is 10.5 Å². The number of ether oxygens (including phenoxy) is 1. The molecule has 0 heterocycles. The van der Waals surface area contributed by atoms with Crippen molar-refractivity contribution in [3.05, 3.63) is 34.9 Å². The first-order chi connectivity index (χ1) is 7.55. The first-order valence-electron chi connectivity index (χ1n) is 5.18. The molecule has 0 aliphatic heterocycles. The molecule has 0 bridgehead atoms. The summed E-state index contributed by atoms with van der Waals surface area (Å²) in [7, 11) is 1.36. The van der Waals surface area contributed by atoms with Crippen molar-refractivity contribution in [1.29, 1.82) is 0 Å². The van der Waals surface area contributed by atoms with Gasteiger partial charge in [0.1, 0.15) is 5.54 Å². The summed E-state index contributed by atoms with van der Waals surface area (Å²) in [6, 6.07) is 7.67. The maximum atomic E-state index is 11.4. The summed E-state index contributed by atoms with van der Waals surface area (Å²) in [6.45, 7) is 0. The molecule has 0 aromatic heterocycles. The van der Waals surface area contributed by atoms with E-state index in [2.05, 4.69) is 4.74 Å². The van der Waals surface area contributed by atoms with E-state index in [-0.39, 0.29) is 18.4 Å². The molecule has 2 N–H and O–H groups in total. The minimum absolute atomic E-state index is 0. The standard InChI is InChI=1S/C12H14ClNO2.ClH/c1-16-11(15)12(14)6-9(7-12)8-3-2-4-10(13)5-8;/h2-5,9H,6-7,14H2,1H3;1H.